The highest BCUT2D eigenvalue weighted by Gasteiger charge is 2.33. The fourth-order valence-corrected chi connectivity index (χ4v) is 2.14. The fourth-order valence-electron chi connectivity index (χ4n) is 1.78. The Kier molecular flexibility index (Phi) is 3.49. The molecule has 0 bridgehead atoms. The van der Waals surface area contributed by atoms with E-state index in [4.69, 9.17) is 0 Å². The predicted octanol–water partition coefficient (Wildman–Crippen LogP) is 1.97. The minimum Gasteiger partial charge on any atom is -0.335 e. The van der Waals surface area contributed by atoms with Crippen LogP contribution in [0, 0.1) is 5.82 Å². The molecule has 0 aliphatic carbocycles. The Morgan fingerprint density at radius 2 is 2.12 bits per heavy atom. The van der Waals surface area contributed by atoms with Crippen LogP contribution in [0.15, 0.2) is 22.7 Å². The molecular formula is C12H14BrFN2O. The summed E-state index contributed by atoms with van der Waals surface area (Å²) in [5, 5.41) is 0. The van der Waals surface area contributed by atoms with Crippen LogP contribution in [-0.2, 0) is 0 Å². The van der Waals surface area contributed by atoms with Gasteiger partial charge in [-0.3, -0.25) is 4.79 Å². The lowest BCUT2D eigenvalue weighted by Gasteiger charge is -2.42. The fraction of sp³-hybridized carbons (Fsp3) is 0.417. The zero-order chi connectivity index (χ0) is 12.6. The molecule has 1 aromatic rings. The normalized spacial score (nSPS) is 16.2. The van der Waals surface area contributed by atoms with Gasteiger partial charge in [0, 0.05) is 23.6 Å². The molecule has 1 aliphatic rings. The first kappa shape index (κ1) is 12.5. The van der Waals surface area contributed by atoms with Crippen LogP contribution in [0.4, 0.5) is 4.39 Å². The Bertz CT molecular complexity index is 444. The monoisotopic (exact) mass is 300 g/mol. The van der Waals surface area contributed by atoms with Crippen LogP contribution in [-0.4, -0.2) is 48.9 Å². The third kappa shape index (κ3) is 2.50. The van der Waals surface area contributed by atoms with Crippen molar-refractivity contribution in [3.8, 4) is 0 Å². The second-order valence-electron chi connectivity index (χ2n) is 4.45. The molecule has 1 fully saturated rings. The first-order valence-corrected chi connectivity index (χ1v) is 6.19. The minimum absolute atomic E-state index is 0.136. The van der Waals surface area contributed by atoms with Gasteiger partial charge in [0.05, 0.1) is 5.56 Å². The van der Waals surface area contributed by atoms with Gasteiger partial charge in [-0.2, -0.15) is 0 Å². The molecule has 1 amide bonds. The van der Waals surface area contributed by atoms with Gasteiger partial charge in [-0.15, -0.1) is 0 Å². The number of benzene rings is 1. The van der Waals surface area contributed by atoms with Crippen LogP contribution >= 0.6 is 15.9 Å². The maximum absolute atomic E-state index is 13.5. The Morgan fingerprint density at radius 3 is 2.71 bits per heavy atom. The van der Waals surface area contributed by atoms with Crippen LogP contribution in [0.3, 0.4) is 0 Å². The van der Waals surface area contributed by atoms with Gasteiger partial charge in [0.2, 0.25) is 0 Å². The molecule has 1 aromatic carbocycles. The predicted molar refractivity (Wildman–Crippen MR) is 67.5 cm³/mol. The van der Waals surface area contributed by atoms with E-state index in [1.165, 1.54) is 12.1 Å². The summed E-state index contributed by atoms with van der Waals surface area (Å²) in [4.78, 5) is 15.7. The van der Waals surface area contributed by atoms with E-state index >= 15 is 0 Å². The molecule has 3 nitrogen and oxygen atoms in total. The van der Waals surface area contributed by atoms with E-state index in [2.05, 4.69) is 20.8 Å². The smallest absolute Gasteiger partial charge is 0.256 e. The van der Waals surface area contributed by atoms with Crippen molar-refractivity contribution in [2.45, 2.75) is 6.04 Å². The van der Waals surface area contributed by atoms with E-state index in [0.29, 0.717) is 23.6 Å². The average Bonchev–Trinajstić information content (AvgIpc) is 2.18. The minimum atomic E-state index is -0.466. The van der Waals surface area contributed by atoms with Crippen LogP contribution in [0.5, 0.6) is 0 Å². The molecule has 17 heavy (non-hydrogen) atoms. The SMILES string of the molecule is CN(C)C1CN(C(=O)c2cc(Br)ccc2F)C1. The summed E-state index contributed by atoms with van der Waals surface area (Å²) in [5.74, 6) is -0.701. The first-order valence-electron chi connectivity index (χ1n) is 5.40. The van der Waals surface area contributed by atoms with Gasteiger partial charge >= 0.3 is 0 Å². The van der Waals surface area contributed by atoms with Crippen LogP contribution in [0.2, 0.25) is 0 Å². The van der Waals surface area contributed by atoms with Crippen molar-refractivity contribution in [1.29, 1.82) is 0 Å². The molecule has 0 N–H and O–H groups in total. The molecular weight excluding hydrogens is 287 g/mol. The second-order valence-corrected chi connectivity index (χ2v) is 5.37. The standard InChI is InChI=1S/C12H14BrFN2O/c1-15(2)9-6-16(7-9)12(17)10-5-8(13)3-4-11(10)14/h3-5,9H,6-7H2,1-2H3. The number of carbonyl (C=O) groups is 1. The summed E-state index contributed by atoms with van der Waals surface area (Å²) in [7, 11) is 3.96. The molecule has 0 unspecified atom stereocenters. The van der Waals surface area contributed by atoms with Gasteiger partial charge in [-0.05, 0) is 32.3 Å². The maximum atomic E-state index is 13.5. The van der Waals surface area contributed by atoms with Crippen molar-refractivity contribution in [1.82, 2.24) is 9.80 Å². The van der Waals surface area contributed by atoms with E-state index in [-0.39, 0.29) is 11.5 Å². The first-order chi connectivity index (χ1) is 7.99. The molecule has 92 valence electrons. The summed E-state index contributed by atoms with van der Waals surface area (Å²) in [5.41, 5.74) is 0.136. The summed E-state index contributed by atoms with van der Waals surface area (Å²) < 4.78 is 14.2. The number of hydrogen-bond donors (Lipinski definition) is 0. The third-order valence-corrected chi connectivity index (χ3v) is 3.53. The van der Waals surface area contributed by atoms with Gasteiger partial charge in [0.15, 0.2) is 0 Å². The van der Waals surface area contributed by atoms with Gasteiger partial charge in [0.1, 0.15) is 5.82 Å². The molecule has 5 heteroatoms. The zero-order valence-corrected chi connectivity index (χ0v) is 11.4. The molecule has 0 atom stereocenters. The number of amides is 1. The lowest BCUT2D eigenvalue weighted by atomic mass is 10.1. The number of carbonyl (C=O) groups excluding carboxylic acids is 1. The lowest BCUT2D eigenvalue weighted by molar-refractivity contribution is 0.0395. The number of nitrogens with zero attached hydrogens (tertiary/aromatic N) is 2. The Labute approximate surface area is 108 Å². The quantitative estimate of drug-likeness (QED) is 0.834. The van der Waals surface area contributed by atoms with E-state index in [0.717, 1.165) is 0 Å². The lowest BCUT2D eigenvalue weighted by Crippen LogP contribution is -2.59. The summed E-state index contributed by atoms with van der Waals surface area (Å²) >= 11 is 3.24. The summed E-state index contributed by atoms with van der Waals surface area (Å²) in [6.45, 7) is 1.33. The van der Waals surface area contributed by atoms with Crippen LogP contribution in [0.1, 0.15) is 10.4 Å². The number of likely N-dealkylation sites (N-methyl/N-ethyl adjacent to an activating group) is 1. The van der Waals surface area contributed by atoms with Gasteiger partial charge in [-0.1, -0.05) is 15.9 Å². The van der Waals surface area contributed by atoms with Gasteiger partial charge in [0.25, 0.3) is 5.91 Å². The Hall–Kier alpha value is -0.940. The molecule has 0 saturated carbocycles. The van der Waals surface area contributed by atoms with Crippen LogP contribution in [0.25, 0.3) is 0 Å². The molecule has 0 aromatic heterocycles. The largest absolute Gasteiger partial charge is 0.335 e. The third-order valence-electron chi connectivity index (χ3n) is 3.04. The van der Waals surface area contributed by atoms with Crippen molar-refractivity contribution >= 4 is 21.8 Å². The second kappa shape index (κ2) is 4.74. The van der Waals surface area contributed by atoms with Gasteiger partial charge < -0.3 is 9.80 Å². The Balaban J connectivity index is 2.09. The Morgan fingerprint density at radius 1 is 1.47 bits per heavy atom. The summed E-state index contributed by atoms with van der Waals surface area (Å²) in [6.07, 6.45) is 0. The summed E-state index contributed by atoms with van der Waals surface area (Å²) in [6, 6.07) is 4.81. The maximum Gasteiger partial charge on any atom is 0.256 e. The topological polar surface area (TPSA) is 23.6 Å². The molecule has 1 saturated heterocycles. The number of likely N-dealkylation sites (tertiary alicyclic amines) is 1. The number of rotatable bonds is 2. The molecule has 0 radical (unpaired) electrons. The molecule has 2 rings (SSSR count). The van der Waals surface area contributed by atoms with Crippen molar-refractivity contribution in [2.75, 3.05) is 27.2 Å². The van der Waals surface area contributed by atoms with E-state index in [1.807, 2.05) is 14.1 Å². The molecule has 1 aliphatic heterocycles. The van der Waals surface area contributed by atoms with Crippen molar-refractivity contribution in [2.24, 2.45) is 0 Å². The van der Waals surface area contributed by atoms with Gasteiger partial charge in [-0.25, -0.2) is 4.39 Å². The van der Waals surface area contributed by atoms with E-state index in [9.17, 15) is 9.18 Å². The highest BCUT2D eigenvalue weighted by atomic mass is 79.9. The molecule has 1 heterocycles. The highest BCUT2D eigenvalue weighted by molar-refractivity contribution is 9.10. The molecule has 0 spiro atoms. The average molecular weight is 301 g/mol. The highest BCUT2D eigenvalue weighted by Crippen LogP contribution is 2.21. The van der Waals surface area contributed by atoms with E-state index in [1.54, 1.807) is 11.0 Å². The number of hydrogen-bond acceptors (Lipinski definition) is 2. The van der Waals surface area contributed by atoms with Crippen molar-refractivity contribution in [3.63, 3.8) is 0 Å². The van der Waals surface area contributed by atoms with E-state index < -0.39 is 5.82 Å². The van der Waals surface area contributed by atoms with Crippen molar-refractivity contribution in [3.05, 3.63) is 34.1 Å². The van der Waals surface area contributed by atoms with Crippen LogP contribution < -0.4 is 0 Å². The number of halogens is 2. The zero-order valence-electron chi connectivity index (χ0n) is 9.78. The van der Waals surface area contributed by atoms with Crippen molar-refractivity contribution < 1.29 is 9.18 Å².